The van der Waals surface area contributed by atoms with E-state index in [1.807, 2.05) is 0 Å². The molecule has 1 aromatic rings. The van der Waals surface area contributed by atoms with Crippen molar-refractivity contribution in [1.29, 1.82) is 0 Å². The molecular formula is C23H33BrN2O2. The molecule has 6 unspecified atom stereocenters. The number of aliphatic hydroxyl groups is 2. The summed E-state index contributed by atoms with van der Waals surface area (Å²) >= 11 is 0. The highest BCUT2D eigenvalue weighted by atomic mass is 79.9. The van der Waals surface area contributed by atoms with Crippen LogP contribution >= 0.6 is 0 Å². The van der Waals surface area contributed by atoms with Gasteiger partial charge in [0, 0.05) is 37.4 Å². The Morgan fingerprint density at radius 2 is 1.93 bits per heavy atom. The lowest BCUT2D eigenvalue weighted by Gasteiger charge is -2.68. The number of piperidine rings is 4. The van der Waals surface area contributed by atoms with Crippen molar-refractivity contribution < 1.29 is 31.7 Å². The number of aliphatic hydroxyl groups excluding tert-OH is 2. The number of nitrogens with zero attached hydrogens (tertiary/aromatic N) is 2. The molecule has 1 aliphatic carbocycles. The number of fused-ring (bicyclic) bond motifs is 2. The van der Waals surface area contributed by atoms with Crippen LogP contribution in [-0.4, -0.2) is 58.7 Å². The van der Waals surface area contributed by atoms with Gasteiger partial charge in [-0.25, -0.2) is 0 Å². The van der Waals surface area contributed by atoms with Gasteiger partial charge in [0.25, 0.3) is 0 Å². The third-order valence-corrected chi connectivity index (χ3v) is 9.73. The lowest BCUT2D eigenvalue weighted by molar-refractivity contribution is -1.04. The standard InChI is InChI=1S/C23H33N2O2.BrH/c1-4-10-25-17-11-14(13(5-2)22(25)27)19-18(25)12-23(21(19)26)15-8-6-7-9-16(15)24(3)20(17)23;/h6-9,13-14,17-22,26-27H,4-5,10-12H2,1-3H3;1H/q+1;/p-1/t13?,14-,17?,18-,19?,20?,21?,22+,23+,25?;/m0./s1. The lowest BCUT2D eigenvalue weighted by atomic mass is 9.60. The molecule has 1 saturated carbocycles. The predicted molar refractivity (Wildman–Crippen MR) is 105 cm³/mol. The first kappa shape index (κ1) is 19.3. The van der Waals surface area contributed by atoms with Crippen LogP contribution in [0.4, 0.5) is 5.69 Å². The molecule has 5 aliphatic heterocycles. The van der Waals surface area contributed by atoms with Gasteiger partial charge in [0.15, 0.2) is 6.23 Å². The highest BCUT2D eigenvalue weighted by Crippen LogP contribution is 2.71. The Hall–Kier alpha value is -0.620. The Labute approximate surface area is 178 Å². The molecule has 0 radical (unpaired) electrons. The summed E-state index contributed by atoms with van der Waals surface area (Å²) < 4.78 is 0.873. The first-order valence-electron chi connectivity index (χ1n) is 11.1. The number of hydrogen-bond acceptors (Lipinski definition) is 3. The van der Waals surface area contributed by atoms with Crippen molar-refractivity contribution in [3.63, 3.8) is 0 Å². The third kappa shape index (κ3) is 1.73. The number of hydrogen-bond donors (Lipinski definition) is 2. The topological polar surface area (TPSA) is 43.7 Å². The Morgan fingerprint density at radius 1 is 1.18 bits per heavy atom. The van der Waals surface area contributed by atoms with Crippen LogP contribution in [-0.2, 0) is 5.41 Å². The molecule has 0 aromatic heterocycles. The molecule has 0 amide bonds. The fourth-order valence-electron chi connectivity index (χ4n) is 9.23. The molecule has 154 valence electrons. The summed E-state index contributed by atoms with van der Waals surface area (Å²) in [5.41, 5.74) is 2.56. The number of halogens is 1. The van der Waals surface area contributed by atoms with Crippen LogP contribution in [0, 0.1) is 17.8 Å². The van der Waals surface area contributed by atoms with E-state index in [1.54, 1.807) is 0 Å². The van der Waals surface area contributed by atoms with Crippen LogP contribution in [0.3, 0.4) is 0 Å². The van der Waals surface area contributed by atoms with E-state index in [0.717, 1.165) is 30.3 Å². The van der Waals surface area contributed by atoms with Crippen LogP contribution in [0.2, 0.25) is 0 Å². The minimum atomic E-state index is -0.271. The monoisotopic (exact) mass is 448 g/mol. The minimum absolute atomic E-state index is 0. The van der Waals surface area contributed by atoms with Gasteiger partial charge >= 0.3 is 0 Å². The van der Waals surface area contributed by atoms with E-state index in [4.69, 9.17) is 0 Å². The molecule has 2 N–H and O–H groups in total. The molecule has 10 atom stereocenters. The molecule has 5 heteroatoms. The molecule has 7 rings (SSSR count). The van der Waals surface area contributed by atoms with Crippen molar-refractivity contribution >= 4 is 5.69 Å². The van der Waals surface area contributed by atoms with Crippen LogP contribution < -0.4 is 21.9 Å². The smallest absolute Gasteiger partial charge is 0.194 e. The summed E-state index contributed by atoms with van der Waals surface area (Å²) in [4.78, 5) is 2.48. The molecule has 5 fully saturated rings. The Balaban J connectivity index is 0.00000171. The van der Waals surface area contributed by atoms with Crippen LogP contribution in [0.5, 0.6) is 0 Å². The molecular weight excluding hydrogens is 416 g/mol. The van der Waals surface area contributed by atoms with Gasteiger partial charge < -0.3 is 32.1 Å². The zero-order valence-electron chi connectivity index (χ0n) is 17.1. The fraction of sp³-hybridized carbons (Fsp3) is 0.739. The molecule has 5 bridgehead atoms. The van der Waals surface area contributed by atoms with Crippen molar-refractivity contribution in [3.05, 3.63) is 29.8 Å². The van der Waals surface area contributed by atoms with E-state index in [-0.39, 0.29) is 34.7 Å². The average Bonchev–Trinajstić information content (AvgIpc) is 3.06. The highest BCUT2D eigenvalue weighted by Gasteiger charge is 2.82. The van der Waals surface area contributed by atoms with Crippen LogP contribution in [0.25, 0.3) is 0 Å². The summed E-state index contributed by atoms with van der Waals surface area (Å²) in [5, 5.41) is 23.6. The van der Waals surface area contributed by atoms with Gasteiger partial charge in [0.1, 0.15) is 6.04 Å². The van der Waals surface area contributed by atoms with Gasteiger partial charge in [-0.1, -0.05) is 32.0 Å². The minimum Gasteiger partial charge on any atom is -1.00 e. The van der Waals surface area contributed by atoms with E-state index in [1.165, 1.54) is 17.7 Å². The summed E-state index contributed by atoms with van der Waals surface area (Å²) in [5.74, 6) is 1.18. The second kappa shape index (κ2) is 5.96. The van der Waals surface area contributed by atoms with Gasteiger partial charge in [0.05, 0.1) is 30.1 Å². The van der Waals surface area contributed by atoms with Gasteiger partial charge in [-0.15, -0.1) is 0 Å². The van der Waals surface area contributed by atoms with Crippen LogP contribution in [0.1, 0.15) is 45.1 Å². The number of likely N-dealkylation sites (N-methyl/N-ethyl adjacent to an activating group) is 1. The van der Waals surface area contributed by atoms with Crippen molar-refractivity contribution in [2.75, 3.05) is 18.5 Å². The molecule has 1 spiro atoms. The number of anilines is 1. The number of rotatable bonds is 3. The summed E-state index contributed by atoms with van der Waals surface area (Å²) in [6.07, 6.45) is 3.84. The van der Waals surface area contributed by atoms with Crippen molar-refractivity contribution in [1.82, 2.24) is 0 Å². The maximum Gasteiger partial charge on any atom is 0.194 e. The maximum absolute atomic E-state index is 11.9. The van der Waals surface area contributed by atoms with Crippen molar-refractivity contribution in [3.8, 4) is 0 Å². The van der Waals surface area contributed by atoms with Crippen molar-refractivity contribution in [2.45, 2.75) is 75.4 Å². The summed E-state index contributed by atoms with van der Waals surface area (Å²) in [6, 6.07) is 9.97. The molecule has 4 nitrogen and oxygen atoms in total. The van der Waals surface area contributed by atoms with Gasteiger partial charge in [-0.2, -0.15) is 0 Å². The number of para-hydroxylation sites is 1. The third-order valence-electron chi connectivity index (χ3n) is 9.73. The van der Waals surface area contributed by atoms with Gasteiger partial charge in [-0.3, -0.25) is 4.48 Å². The maximum atomic E-state index is 11.9. The zero-order chi connectivity index (χ0) is 18.7. The van der Waals surface area contributed by atoms with E-state index < -0.39 is 0 Å². The second-order valence-corrected chi connectivity index (χ2v) is 10.1. The van der Waals surface area contributed by atoms with E-state index in [0.29, 0.717) is 35.9 Å². The van der Waals surface area contributed by atoms with E-state index >= 15 is 0 Å². The lowest BCUT2D eigenvalue weighted by Crippen LogP contribution is -3.00. The normalized spacial score (nSPS) is 51.8. The highest BCUT2D eigenvalue weighted by molar-refractivity contribution is 5.66. The molecule has 4 saturated heterocycles. The quantitative estimate of drug-likeness (QED) is 0.611. The largest absolute Gasteiger partial charge is 1.00 e. The SMILES string of the molecule is CCC[N+]12C3C[C@@H](C(CC)[C@H]1O)C1C(O)[C@]4(C[C@@H]12)c1ccccc1N(C)C34.[Br-]. The number of quaternary nitrogens is 1. The van der Waals surface area contributed by atoms with Gasteiger partial charge in [-0.05, 0) is 30.4 Å². The summed E-state index contributed by atoms with van der Waals surface area (Å²) in [6.45, 7) is 5.56. The van der Waals surface area contributed by atoms with E-state index in [2.05, 4.69) is 50.1 Å². The van der Waals surface area contributed by atoms with Crippen molar-refractivity contribution in [2.24, 2.45) is 17.8 Å². The van der Waals surface area contributed by atoms with Gasteiger partial charge in [0.2, 0.25) is 0 Å². The molecule has 28 heavy (non-hydrogen) atoms. The molecule has 6 aliphatic rings. The molecule has 5 heterocycles. The average molecular weight is 449 g/mol. The van der Waals surface area contributed by atoms with Crippen LogP contribution in [0.15, 0.2) is 24.3 Å². The second-order valence-electron chi connectivity index (χ2n) is 10.1. The van der Waals surface area contributed by atoms with E-state index in [9.17, 15) is 10.2 Å². The number of benzene rings is 1. The Kier molecular flexibility index (Phi) is 4.12. The fourth-order valence-corrected chi connectivity index (χ4v) is 9.23. The predicted octanol–water partition coefficient (Wildman–Crippen LogP) is -0.517. The first-order chi connectivity index (χ1) is 13.0. The summed E-state index contributed by atoms with van der Waals surface area (Å²) in [7, 11) is 2.23. The first-order valence-corrected chi connectivity index (χ1v) is 11.1. The Morgan fingerprint density at radius 3 is 2.64 bits per heavy atom. The zero-order valence-corrected chi connectivity index (χ0v) is 18.7. The molecule has 1 aromatic carbocycles. The Bertz CT molecular complexity index is 805.